The summed E-state index contributed by atoms with van der Waals surface area (Å²) in [4.78, 5) is 44.3. The van der Waals surface area contributed by atoms with Crippen LogP contribution < -0.4 is 10.2 Å². The van der Waals surface area contributed by atoms with Gasteiger partial charge in [-0.15, -0.1) is 0 Å². The van der Waals surface area contributed by atoms with Crippen LogP contribution in [-0.4, -0.2) is 53.8 Å². The van der Waals surface area contributed by atoms with Crippen molar-refractivity contribution in [3.63, 3.8) is 0 Å². The van der Waals surface area contributed by atoms with Crippen LogP contribution in [0.4, 0.5) is 18.9 Å². The number of aromatic amines is 1. The van der Waals surface area contributed by atoms with Crippen molar-refractivity contribution in [3.05, 3.63) is 78.0 Å². The lowest BCUT2D eigenvalue weighted by molar-refractivity contribution is -0.137. The summed E-state index contributed by atoms with van der Waals surface area (Å²) in [7, 11) is 1.66. The Bertz CT molecular complexity index is 1490. The third-order valence-electron chi connectivity index (χ3n) is 6.97. The largest absolute Gasteiger partial charge is 0.417 e. The maximum absolute atomic E-state index is 14.1. The molecule has 10 heteroatoms. The summed E-state index contributed by atoms with van der Waals surface area (Å²) in [5.41, 5.74) is -0.321. The first-order valence-corrected chi connectivity index (χ1v) is 11.6. The number of halogens is 3. The molecule has 1 atom stereocenters. The molecule has 0 bridgehead atoms. The Hall–Kier alpha value is -4.34. The minimum absolute atomic E-state index is 0.110. The van der Waals surface area contributed by atoms with Crippen molar-refractivity contribution in [3.8, 4) is 0 Å². The molecule has 7 nitrogen and oxygen atoms in total. The number of H-pyrrole nitrogens is 1. The molecule has 0 radical (unpaired) electrons. The lowest BCUT2D eigenvalue weighted by atomic mass is 9.92. The lowest BCUT2D eigenvalue weighted by Crippen LogP contribution is -2.38. The number of fused-ring (bicyclic) bond motifs is 1. The molecule has 1 saturated heterocycles. The van der Waals surface area contributed by atoms with Gasteiger partial charge in [-0.05, 0) is 36.8 Å². The SMILES string of the molecule is C=CC(=O)N(C)C1CCN(c2ccc(C(F)(F)F)c(C3=C(c4c[nH]c5ccccc45)C(=O)NC3=O)c2)C1. The number of hydrogen-bond donors (Lipinski definition) is 2. The molecule has 2 aliphatic rings. The van der Waals surface area contributed by atoms with Crippen LogP contribution in [-0.2, 0) is 20.6 Å². The summed E-state index contributed by atoms with van der Waals surface area (Å²) in [6.07, 6.45) is -1.41. The van der Waals surface area contributed by atoms with E-state index in [-0.39, 0.29) is 28.7 Å². The molecule has 5 rings (SSSR count). The van der Waals surface area contributed by atoms with Crippen LogP contribution in [0.25, 0.3) is 22.0 Å². The van der Waals surface area contributed by atoms with Crippen LogP contribution in [0.5, 0.6) is 0 Å². The van der Waals surface area contributed by atoms with Gasteiger partial charge in [0.25, 0.3) is 11.8 Å². The average molecular weight is 509 g/mol. The Morgan fingerprint density at radius 2 is 1.81 bits per heavy atom. The first kappa shape index (κ1) is 24.4. The fraction of sp³-hybridized carbons (Fsp3) is 0.222. The number of para-hydroxylation sites is 1. The van der Waals surface area contributed by atoms with Gasteiger partial charge in [0.2, 0.25) is 5.91 Å². The smallest absolute Gasteiger partial charge is 0.369 e. The van der Waals surface area contributed by atoms with Gasteiger partial charge in [0, 0.05) is 54.1 Å². The zero-order chi connectivity index (χ0) is 26.5. The molecule has 1 aromatic heterocycles. The molecule has 1 unspecified atom stereocenters. The minimum Gasteiger partial charge on any atom is -0.369 e. The highest BCUT2D eigenvalue weighted by Gasteiger charge is 2.41. The summed E-state index contributed by atoms with van der Waals surface area (Å²) < 4.78 is 42.4. The third-order valence-corrected chi connectivity index (χ3v) is 6.97. The van der Waals surface area contributed by atoms with E-state index in [4.69, 9.17) is 0 Å². The van der Waals surface area contributed by atoms with Crippen molar-refractivity contribution in [1.29, 1.82) is 0 Å². The number of carbonyl (C=O) groups is 3. The van der Waals surface area contributed by atoms with E-state index in [1.54, 1.807) is 36.2 Å². The molecule has 3 aromatic rings. The lowest BCUT2D eigenvalue weighted by Gasteiger charge is -2.25. The van der Waals surface area contributed by atoms with Gasteiger partial charge in [-0.2, -0.15) is 13.2 Å². The summed E-state index contributed by atoms with van der Waals surface area (Å²) in [5, 5.41) is 2.79. The predicted molar refractivity (Wildman–Crippen MR) is 133 cm³/mol. The first-order valence-electron chi connectivity index (χ1n) is 11.6. The summed E-state index contributed by atoms with van der Waals surface area (Å²) in [6.45, 7) is 4.40. The van der Waals surface area contributed by atoms with Crippen LogP contribution in [0, 0.1) is 0 Å². The molecule has 3 heterocycles. The predicted octanol–water partition coefficient (Wildman–Crippen LogP) is 3.98. The molecular formula is C27H23F3N4O3. The van der Waals surface area contributed by atoms with Gasteiger partial charge in [0.05, 0.1) is 22.8 Å². The van der Waals surface area contributed by atoms with Gasteiger partial charge in [-0.3, -0.25) is 19.7 Å². The van der Waals surface area contributed by atoms with E-state index in [2.05, 4.69) is 16.9 Å². The average Bonchev–Trinajstić information content (AvgIpc) is 3.59. The highest BCUT2D eigenvalue weighted by atomic mass is 19.4. The van der Waals surface area contributed by atoms with E-state index in [0.717, 1.165) is 6.07 Å². The molecule has 190 valence electrons. The second kappa shape index (κ2) is 8.95. The third kappa shape index (κ3) is 4.18. The fourth-order valence-electron chi connectivity index (χ4n) is 5.05. The number of amides is 3. The Morgan fingerprint density at radius 3 is 2.51 bits per heavy atom. The Balaban J connectivity index is 1.64. The summed E-state index contributed by atoms with van der Waals surface area (Å²) >= 11 is 0. The second-order valence-corrected chi connectivity index (χ2v) is 9.05. The van der Waals surface area contributed by atoms with Crippen LogP contribution in [0.2, 0.25) is 0 Å². The first-order chi connectivity index (χ1) is 17.6. The van der Waals surface area contributed by atoms with E-state index in [0.29, 0.717) is 41.7 Å². The summed E-state index contributed by atoms with van der Waals surface area (Å²) in [6, 6.07) is 10.5. The standard InChI is InChI=1S/C27H23F3N4O3/c1-3-22(35)33(2)16-10-11-34(14-16)15-8-9-20(27(28,29)30)18(12-15)23-24(26(37)32-25(23)36)19-13-31-21-7-5-4-6-17(19)21/h3-9,12-13,16,31H,1,10-11,14H2,2H3,(H,32,36,37). The van der Waals surface area contributed by atoms with E-state index in [9.17, 15) is 27.6 Å². The maximum atomic E-state index is 14.1. The van der Waals surface area contributed by atoms with Crippen molar-refractivity contribution >= 4 is 45.5 Å². The second-order valence-electron chi connectivity index (χ2n) is 9.05. The van der Waals surface area contributed by atoms with E-state index >= 15 is 0 Å². The molecule has 2 aliphatic heterocycles. The van der Waals surface area contributed by atoms with Gasteiger partial charge in [-0.25, -0.2) is 0 Å². The number of likely N-dealkylation sites (N-methyl/N-ethyl adjacent to an activating group) is 1. The Labute approximate surface area is 210 Å². The fourth-order valence-corrected chi connectivity index (χ4v) is 5.05. The van der Waals surface area contributed by atoms with Gasteiger partial charge < -0.3 is 14.8 Å². The normalized spacial score (nSPS) is 18.1. The molecule has 2 N–H and O–H groups in total. The number of alkyl halides is 3. The molecule has 3 amide bonds. The van der Waals surface area contributed by atoms with Crippen molar-refractivity contribution in [1.82, 2.24) is 15.2 Å². The zero-order valence-electron chi connectivity index (χ0n) is 19.9. The van der Waals surface area contributed by atoms with Crippen LogP contribution >= 0.6 is 0 Å². The Kier molecular flexibility index (Phi) is 5.89. The van der Waals surface area contributed by atoms with Gasteiger partial charge in [0.1, 0.15) is 0 Å². The molecule has 0 saturated carbocycles. The molecule has 0 aliphatic carbocycles. The van der Waals surface area contributed by atoms with Crippen LogP contribution in [0.15, 0.2) is 61.3 Å². The Morgan fingerprint density at radius 1 is 1.11 bits per heavy atom. The highest BCUT2D eigenvalue weighted by molar-refractivity contribution is 6.50. The molecule has 37 heavy (non-hydrogen) atoms. The number of carbonyl (C=O) groups excluding carboxylic acids is 3. The van der Waals surface area contributed by atoms with Crippen molar-refractivity contribution in [2.24, 2.45) is 0 Å². The quantitative estimate of drug-likeness (QED) is 0.404. The summed E-state index contributed by atoms with van der Waals surface area (Å²) in [5.74, 6) is -1.88. The number of nitrogens with zero attached hydrogens (tertiary/aromatic N) is 2. The topological polar surface area (TPSA) is 85.5 Å². The van der Waals surface area contributed by atoms with Crippen molar-refractivity contribution < 1.29 is 27.6 Å². The van der Waals surface area contributed by atoms with Gasteiger partial charge >= 0.3 is 6.18 Å². The molecule has 1 fully saturated rings. The number of imide groups is 1. The highest BCUT2D eigenvalue weighted by Crippen LogP contribution is 2.42. The van der Waals surface area contributed by atoms with Crippen LogP contribution in [0.1, 0.15) is 23.1 Å². The van der Waals surface area contributed by atoms with Crippen LogP contribution in [0.3, 0.4) is 0 Å². The monoisotopic (exact) mass is 508 g/mol. The number of aromatic nitrogens is 1. The van der Waals surface area contributed by atoms with Crippen molar-refractivity contribution in [2.75, 3.05) is 25.0 Å². The molecular weight excluding hydrogens is 485 g/mol. The molecule has 2 aromatic carbocycles. The minimum atomic E-state index is -4.76. The maximum Gasteiger partial charge on any atom is 0.417 e. The van der Waals surface area contributed by atoms with Crippen molar-refractivity contribution in [2.45, 2.75) is 18.6 Å². The molecule has 0 spiro atoms. The van der Waals surface area contributed by atoms with Gasteiger partial charge in [0.15, 0.2) is 0 Å². The zero-order valence-corrected chi connectivity index (χ0v) is 19.9. The van der Waals surface area contributed by atoms with Gasteiger partial charge in [-0.1, -0.05) is 24.8 Å². The number of rotatable bonds is 5. The van der Waals surface area contributed by atoms with E-state index in [1.165, 1.54) is 24.4 Å². The number of anilines is 1. The number of nitrogens with one attached hydrogen (secondary N) is 2. The number of benzene rings is 2. The van der Waals surface area contributed by atoms with E-state index < -0.39 is 23.6 Å². The van der Waals surface area contributed by atoms with E-state index in [1.807, 2.05) is 4.90 Å². The number of hydrogen-bond acceptors (Lipinski definition) is 4.